The zero-order valence-corrected chi connectivity index (χ0v) is 14.8. The molecule has 1 aliphatic carbocycles. The van der Waals surface area contributed by atoms with Crippen LogP contribution in [0.2, 0.25) is 0 Å². The molecule has 0 atom stereocenters. The lowest BCUT2D eigenvalue weighted by Crippen LogP contribution is -2.52. The molecule has 1 aliphatic heterocycles. The van der Waals surface area contributed by atoms with Gasteiger partial charge in [-0.1, -0.05) is 25.0 Å². The van der Waals surface area contributed by atoms with Crippen molar-refractivity contribution in [3.05, 3.63) is 29.8 Å². The predicted octanol–water partition coefficient (Wildman–Crippen LogP) is 1.73. The third-order valence-electron chi connectivity index (χ3n) is 4.95. The summed E-state index contributed by atoms with van der Waals surface area (Å²) in [4.78, 5) is 14.4. The van der Waals surface area contributed by atoms with E-state index in [1.54, 1.807) is 27.4 Å². The molecule has 0 N–H and O–H groups in total. The number of rotatable bonds is 4. The van der Waals surface area contributed by atoms with Gasteiger partial charge in [0.25, 0.3) is 5.91 Å². The molecule has 3 rings (SSSR count). The molecule has 0 aromatic heterocycles. The Morgan fingerprint density at radius 1 is 1.08 bits per heavy atom. The third kappa shape index (κ3) is 3.28. The molecule has 24 heavy (non-hydrogen) atoms. The SMILES string of the molecule is COc1ccccc1C(=O)N1CCN(S(=O)(=O)C2CCCC2)CC1. The third-order valence-corrected chi connectivity index (χ3v) is 7.35. The van der Waals surface area contributed by atoms with Crippen LogP contribution in [-0.2, 0) is 10.0 Å². The Kier molecular flexibility index (Phi) is 5.10. The molecule has 132 valence electrons. The van der Waals surface area contributed by atoms with E-state index >= 15 is 0 Å². The van der Waals surface area contributed by atoms with E-state index in [1.165, 1.54) is 7.11 Å². The lowest BCUT2D eigenvalue weighted by Gasteiger charge is -2.35. The van der Waals surface area contributed by atoms with E-state index in [0.29, 0.717) is 37.5 Å². The van der Waals surface area contributed by atoms with E-state index in [-0.39, 0.29) is 11.2 Å². The second-order valence-electron chi connectivity index (χ2n) is 6.34. The van der Waals surface area contributed by atoms with Gasteiger partial charge < -0.3 is 9.64 Å². The van der Waals surface area contributed by atoms with E-state index in [2.05, 4.69) is 0 Å². The smallest absolute Gasteiger partial charge is 0.257 e. The molecule has 1 aromatic carbocycles. The zero-order chi connectivity index (χ0) is 17.2. The van der Waals surface area contributed by atoms with Crippen LogP contribution in [0.5, 0.6) is 5.75 Å². The van der Waals surface area contributed by atoms with E-state index in [1.807, 2.05) is 6.07 Å². The lowest BCUT2D eigenvalue weighted by atomic mass is 10.1. The second kappa shape index (κ2) is 7.11. The Labute approximate surface area is 143 Å². The lowest BCUT2D eigenvalue weighted by molar-refractivity contribution is 0.0694. The number of carbonyl (C=O) groups is 1. The highest BCUT2D eigenvalue weighted by Crippen LogP contribution is 2.28. The van der Waals surface area contributed by atoms with E-state index < -0.39 is 10.0 Å². The van der Waals surface area contributed by atoms with Gasteiger partial charge in [0.05, 0.1) is 17.9 Å². The molecule has 7 heteroatoms. The van der Waals surface area contributed by atoms with Crippen molar-refractivity contribution in [2.75, 3.05) is 33.3 Å². The van der Waals surface area contributed by atoms with Crippen LogP contribution in [0.25, 0.3) is 0 Å². The van der Waals surface area contributed by atoms with Gasteiger partial charge >= 0.3 is 0 Å². The summed E-state index contributed by atoms with van der Waals surface area (Å²) in [5, 5.41) is -0.228. The van der Waals surface area contributed by atoms with Crippen LogP contribution < -0.4 is 4.74 Å². The molecule has 0 radical (unpaired) electrons. The van der Waals surface area contributed by atoms with Crippen molar-refractivity contribution in [1.82, 2.24) is 9.21 Å². The van der Waals surface area contributed by atoms with E-state index in [4.69, 9.17) is 4.74 Å². The molecule has 0 spiro atoms. The van der Waals surface area contributed by atoms with Crippen LogP contribution >= 0.6 is 0 Å². The summed E-state index contributed by atoms with van der Waals surface area (Å²) < 4.78 is 32.1. The predicted molar refractivity (Wildman–Crippen MR) is 91.6 cm³/mol. The standard InChI is InChI=1S/C17H24N2O4S/c1-23-16-9-5-4-8-15(16)17(20)18-10-12-19(13-11-18)24(21,22)14-6-2-3-7-14/h4-5,8-9,14H,2-3,6-7,10-13H2,1H3. The summed E-state index contributed by atoms with van der Waals surface area (Å²) in [6.07, 6.45) is 3.53. The quantitative estimate of drug-likeness (QED) is 0.828. The van der Waals surface area contributed by atoms with Crippen molar-refractivity contribution in [1.29, 1.82) is 0 Å². The minimum atomic E-state index is -3.22. The minimum absolute atomic E-state index is 0.106. The molecule has 2 aliphatic rings. The summed E-state index contributed by atoms with van der Waals surface area (Å²) in [5.41, 5.74) is 0.520. The van der Waals surface area contributed by atoms with Crippen LogP contribution in [0.3, 0.4) is 0 Å². The maximum Gasteiger partial charge on any atom is 0.257 e. The van der Waals surface area contributed by atoms with Crippen LogP contribution in [0.4, 0.5) is 0 Å². The Bertz CT molecular complexity index is 690. The number of nitrogens with zero attached hydrogens (tertiary/aromatic N) is 2. The fourth-order valence-corrected chi connectivity index (χ4v) is 5.56. The first-order valence-corrected chi connectivity index (χ1v) is 9.95. The van der Waals surface area contributed by atoms with Crippen molar-refractivity contribution in [3.63, 3.8) is 0 Å². The summed E-state index contributed by atoms with van der Waals surface area (Å²) in [5.74, 6) is 0.439. The fraction of sp³-hybridized carbons (Fsp3) is 0.588. The van der Waals surface area contributed by atoms with Crippen molar-refractivity contribution in [2.24, 2.45) is 0 Å². The highest BCUT2D eigenvalue weighted by atomic mass is 32.2. The van der Waals surface area contributed by atoms with Gasteiger partial charge in [0, 0.05) is 26.2 Å². The molecular formula is C17H24N2O4S. The molecule has 6 nitrogen and oxygen atoms in total. The summed E-state index contributed by atoms with van der Waals surface area (Å²) in [6, 6.07) is 7.12. The number of para-hydroxylation sites is 1. The number of methoxy groups -OCH3 is 1. The number of sulfonamides is 1. The number of hydrogen-bond acceptors (Lipinski definition) is 4. The second-order valence-corrected chi connectivity index (χ2v) is 8.56. The first-order chi connectivity index (χ1) is 11.5. The molecule has 2 fully saturated rings. The Morgan fingerprint density at radius 3 is 2.33 bits per heavy atom. The van der Waals surface area contributed by atoms with Gasteiger partial charge in [-0.3, -0.25) is 4.79 Å². The highest BCUT2D eigenvalue weighted by Gasteiger charge is 2.36. The van der Waals surface area contributed by atoms with Gasteiger partial charge in [0.15, 0.2) is 0 Å². The van der Waals surface area contributed by atoms with Gasteiger partial charge in [-0.2, -0.15) is 4.31 Å². The van der Waals surface area contributed by atoms with Crippen LogP contribution in [-0.4, -0.2) is 62.1 Å². The van der Waals surface area contributed by atoms with Crippen LogP contribution in [0.15, 0.2) is 24.3 Å². The molecule has 1 amide bonds. The Balaban J connectivity index is 1.65. The zero-order valence-electron chi connectivity index (χ0n) is 14.0. The molecule has 1 heterocycles. The number of ether oxygens (including phenoxy) is 1. The summed E-state index contributed by atoms with van der Waals surface area (Å²) in [7, 11) is -1.68. The summed E-state index contributed by atoms with van der Waals surface area (Å²) in [6.45, 7) is 1.59. The van der Waals surface area contributed by atoms with Gasteiger partial charge in [-0.25, -0.2) is 8.42 Å². The van der Waals surface area contributed by atoms with E-state index in [9.17, 15) is 13.2 Å². The van der Waals surface area contributed by atoms with Gasteiger partial charge in [-0.15, -0.1) is 0 Å². The first-order valence-electron chi connectivity index (χ1n) is 8.45. The van der Waals surface area contributed by atoms with Gasteiger partial charge in [-0.05, 0) is 25.0 Å². The van der Waals surface area contributed by atoms with Crippen molar-refractivity contribution in [2.45, 2.75) is 30.9 Å². The normalized spacial score (nSPS) is 20.3. The maximum absolute atomic E-state index is 12.7. The maximum atomic E-state index is 12.7. The topological polar surface area (TPSA) is 66.9 Å². The van der Waals surface area contributed by atoms with Gasteiger partial charge in [0.2, 0.25) is 10.0 Å². The first kappa shape index (κ1) is 17.2. The Morgan fingerprint density at radius 2 is 1.71 bits per heavy atom. The van der Waals surface area contributed by atoms with Crippen molar-refractivity contribution < 1.29 is 17.9 Å². The average molecular weight is 352 g/mol. The number of piperazine rings is 1. The highest BCUT2D eigenvalue weighted by molar-refractivity contribution is 7.89. The number of hydrogen-bond donors (Lipinski definition) is 0. The molecule has 1 saturated heterocycles. The molecule has 0 unspecified atom stereocenters. The van der Waals surface area contributed by atoms with E-state index in [0.717, 1.165) is 25.7 Å². The molecule has 0 bridgehead atoms. The van der Waals surface area contributed by atoms with Gasteiger partial charge in [0.1, 0.15) is 5.75 Å². The van der Waals surface area contributed by atoms with Crippen LogP contribution in [0, 0.1) is 0 Å². The number of carbonyl (C=O) groups excluding carboxylic acids is 1. The van der Waals surface area contributed by atoms with Crippen molar-refractivity contribution in [3.8, 4) is 5.75 Å². The fourth-order valence-electron chi connectivity index (χ4n) is 3.53. The molecule has 1 saturated carbocycles. The minimum Gasteiger partial charge on any atom is -0.496 e. The molecule has 1 aromatic rings. The largest absolute Gasteiger partial charge is 0.496 e. The summed E-state index contributed by atoms with van der Waals surface area (Å²) >= 11 is 0. The van der Waals surface area contributed by atoms with Crippen LogP contribution in [0.1, 0.15) is 36.0 Å². The van der Waals surface area contributed by atoms with Crippen molar-refractivity contribution >= 4 is 15.9 Å². The molecular weight excluding hydrogens is 328 g/mol. The monoisotopic (exact) mass is 352 g/mol. The number of amides is 1. The average Bonchev–Trinajstić information content (AvgIpc) is 3.16. The number of benzene rings is 1. The Hall–Kier alpha value is -1.60.